The van der Waals surface area contributed by atoms with Crippen LogP contribution >= 0.6 is 0 Å². The van der Waals surface area contributed by atoms with Crippen LogP contribution in [-0.4, -0.2) is 64.6 Å². The smallest absolute Gasteiger partial charge is 0.237 e. The van der Waals surface area contributed by atoms with Crippen LogP contribution < -0.4 is 11.5 Å². The average molecular weight is 736 g/mol. The first kappa shape index (κ1) is 38.5. The number of Topliss-reactive ketones (excluding diaryl/α,β-unsaturated/α-hetero) is 1. The third-order valence-electron chi connectivity index (χ3n) is 10.2. The summed E-state index contributed by atoms with van der Waals surface area (Å²) < 4.78 is 21.4. The van der Waals surface area contributed by atoms with Crippen LogP contribution in [0.1, 0.15) is 67.8 Å². The molecule has 1 fully saturated rings. The highest BCUT2D eigenvalue weighted by Crippen LogP contribution is 2.44. The Morgan fingerprint density at radius 2 is 1.57 bits per heavy atom. The fourth-order valence-electron chi connectivity index (χ4n) is 7.04. The lowest BCUT2D eigenvalue weighted by molar-refractivity contribution is -0.251. The van der Waals surface area contributed by atoms with E-state index in [1.807, 2.05) is 88.4 Å². The van der Waals surface area contributed by atoms with E-state index in [-0.39, 0.29) is 30.3 Å². The number of ketones is 1. The maximum Gasteiger partial charge on any atom is 0.237 e. The largest absolute Gasteiger partial charge is 0.397 e. The topological polar surface area (TPSA) is 185 Å². The van der Waals surface area contributed by atoms with Crippen molar-refractivity contribution in [3.8, 4) is 0 Å². The van der Waals surface area contributed by atoms with E-state index in [0.717, 1.165) is 17.5 Å². The molecular weight excluding hydrogens is 686 g/mol. The van der Waals surface area contributed by atoms with Crippen molar-refractivity contribution in [3.63, 3.8) is 0 Å². The number of carbonyl (C=O) groups is 1. The fourth-order valence-corrected chi connectivity index (χ4v) is 7.04. The summed E-state index contributed by atoms with van der Waals surface area (Å²) in [5.74, 6) is -1.85. The van der Waals surface area contributed by atoms with E-state index in [4.69, 9.17) is 25.7 Å². The van der Waals surface area contributed by atoms with E-state index >= 15 is 0 Å². The molecule has 0 aliphatic carbocycles. The van der Waals surface area contributed by atoms with Gasteiger partial charge in [-0.15, -0.1) is 0 Å². The average Bonchev–Trinajstić information content (AvgIpc) is 3.90. The lowest BCUT2D eigenvalue weighted by atomic mass is 9.92. The van der Waals surface area contributed by atoms with E-state index in [9.17, 15) is 15.0 Å². The normalized spacial score (nSPS) is 21.4. The van der Waals surface area contributed by atoms with Gasteiger partial charge in [0.2, 0.25) is 11.6 Å². The third kappa shape index (κ3) is 7.86. The monoisotopic (exact) mass is 735 g/mol. The number of rotatable bonds is 13. The van der Waals surface area contributed by atoms with Crippen LogP contribution in [0.5, 0.6) is 0 Å². The minimum atomic E-state index is -1.62. The number of benzene rings is 2. The molecule has 54 heavy (non-hydrogen) atoms. The van der Waals surface area contributed by atoms with Crippen LogP contribution in [0.25, 0.3) is 11.0 Å². The van der Waals surface area contributed by atoms with Gasteiger partial charge in [0, 0.05) is 18.0 Å². The van der Waals surface area contributed by atoms with Gasteiger partial charge in [0.15, 0.2) is 5.82 Å². The first-order valence-electron chi connectivity index (χ1n) is 18.3. The quantitative estimate of drug-likeness (QED) is 0.109. The Morgan fingerprint density at radius 1 is 0.907 bits per heavy atom. The van der Waals surface area contributed by atoms with E-state index < -0.39 is 24.1 Å². The molecule has 0 radical (unpaired) electrons. The number of aliphatic hydroxyl groups is 2. The van der Waals surface area contributed by atoms with Gasteiger partial charge in [-0.25, -0.2) is 14.0 Å². The minimum Gasteiger partial charge on any atom is -0.397 e. The number of nitrogens with zero attached hydrogens (tertiary/aromatic N) is 5. The molecule has 13 heteroatoms. The van der Waals surface area contributed by atoms with E-state index in [0.29, 0.717) is 47.0 Å². The molecule has 4 aromatic heterocycles. The van der Waals surface area contributed by atoms with Crippen molar-refractivity contribution < 1.29 is 29.2 Å². The zero-order valence-corrected chi connectivity index (χ0v) is 31.0. The van der Waals surface area contributed by atoms with Crippen molar-refractivity contribution in [2.45, 2.75) is 84.0 Å². The number of nitrogen functional groups attached to an aromatic ring is 2. The molecule has 6 N–H and O–H groups in total. The maximum atomic E-state index is 13.3. The number of hydrogen-bond acceptors (Lipinski definition) is 11. The number of anilines is 2. The number of aromatic nitrogens is 5. The Kier molecular flexibility index (Phi) is 12.0. The van der Waals surface area contributed by atoms with Gasteiger partial charge in [0.1, 0.15) is 35.4 Å². The molecular formula is C41H49N7O6. The highest BCUT2D eigenvalue weighted by Gasteiger charge is 2.55. The second-order valence-corrected chi connectivity index (χ2v) is 13.7. The van der Waals surface area contributed by atoms with Crippen LogP contribution in [-0.2, 0) is 33.2 Å². The van der Waals surface area contributed by atoms with Gasteiger partial charge < -0.3 is 35.9 Å². The minimum absolute atomic E-state index is 0.00782. The Bertz CT molecular complexity index is 2140. The van der Waals surface area contributed by atoms with Crippen LogP contribution in [0.3, 0.4) is 0 Å². The van der Waals surface area contributed by atoms with Gasteiger partial charge in [-0.3, -0.25) is 4.79 Å². The molecule has 0 amide bonds. The summed E-state index contributed by atoms with van der Waals surface area (Å²) in [5.41, 5.74) is 16.6. The number of carbonyl (C=O) groups excluding carboxylic acids is 1. The highest BCUT2D eigenvalue weighted by molar-refractivity contribution is 5.99. The van der Waals surface area contributed by atoms with Gasteiger partial charge in [0.05, 0.1) is 36.6 Å². The first-order valence-corrected chi connectivity index (χ1v) is 18.3. The molecule has 7 rings (SSSR count). The van der Waals surface area contributed by atoms with E-state index in [1.54, 1.807) is 41.0 Å². The number of ether oxygens (including phenoxy) is 3. The molecule has 7 atom stereocenters. The van der Waals surface area contributed by atoms with Crippen LogP contribution in [0.4, 0.5) is 11.5 Å². The molecule has 0 saturated carbocycles. The van der Waals surface area contributed by atoms with Gasteiger partial charge in [-0.1, -0.05) is 88.4 Å². The Balaban J connectivity index is 0.000000184. The molecule has 5 heterocycles. The number of nitrogens with two attached hydrogens (primary N) is 2. The summed E-state index contributed by atoms with van der Waals surface area (Å²) in [6, 6.07) is 28.3. The SMILES string of the molecule is CC[C@@H](O)[C@@H](C)[C@@H](OCc1ccccc1)C(=O)c1ccc2c(N)ccnn12.CC[C@H]1OC(O)(c2ccc3c(N)ncnn23)[C@H](OCc2ccccc2)[C@@H]1C. The summed E-state index contributed by atoms with van der Waals surface area (Å²) in [4.78, 5) is 17.3. The summed E-state index contributed by atoms with van der Waals surface area (Å²) >= 11 is 0. The molecule has 1 saturated heterocycles. The zero-order chi connectivity index (χ0) is 38.4. The lowest BCUT2D eigenvalue weighted by Crippen LogP contribution is -2.41. The summed E-state index contributed by atoms with van der Waals surface area (Å²) in [6.07, 6.45) is 2.14. The van der Waals surface area contributed by atoms with Crippen molar-refractivity contribution >= 4 is 28.3 Å². The van der Waals surface area contributed by atoms with Crippen LogP contribution in [0.2, 0.25) is 0 Å². The Hall–Kier alpha value is -5.18. The van der Waals surface area contributed by atoms with Crippen molar-refractivity contribution in [1.82, 2.24) is 24.2 Å². The molecule has 1 unspecified atom stereocenters. The molecule has 0 bridgehead atoms. The summed E-state index contributed by atoms with van der Waals surface area (Å²) in [7, 11) is 0. The second kappa shape index (κ2) is 16.9. The van der Waals surface area contributed by atoms with Crippen LogP contribution in [0.15, 0.2) is 104 Å². The number of fused-ring (bicyclic) bond motifs is 2. The third-order valence-corrected chi connectivity index (χ3v) is 10.2. The number of hydrogen-bond donors (Lipinski definition) is 4. The predicted molar refractivity (Wildman–Crippen MR) is 205 cm³/mol. The predicted octanol–water partition coefficient (Wildman–Crippen LogP) is 5.58. The summed E-state index contributed by atoms with van der Waals surface area (Å²) in [6.45, 7) is 8.47. The number of aliphatic hydroxyl groups excluding tert-OH is 1. The second-order valence-electron chi connectivity index (χ2n) is 13.7. The molecule has 13 nitrogen and oxygen atoms in total. The Labute approximate surface area is 314 Å². The Morgan fingerprint density at radius 3 is 2.24 bits per heavy atom. The highest BCUT2D eigenvalue weighted by atomic mass is 16.7. The van der Waals surface area contributed by atoms with Crippen molar-refractivity contribution in [2.75, 3.05) is 11.5 Å². The van der Waals surface area contributed by atoms with Crippen molar-refractivity contribution in [3.05, 3.63) is 126 Å². The molecule has 0 spiro atoms. The zero-order valence-electron chi connectivity index (χ0n) is 31.0. The summed E-state index contributed by atoms with van der Waals surface area (Å²) in [5, 5.41) is 30.4. The first-order chi connectivity index (χ1) is 26.1. The van der Waals surface area contributed by atoms with E-state index in [1.165, 1.54) is 10.8 Å². The fraction of sp³-hybridized carbons (Fsp3) is 0.366. The molecule has 6 aromatic rings. The van der Waals surface area contributed by atoms with Gasteiger partial charge in [-0.05, 0) is 54.3 Å². The maximum absolute atomic E-state index is 13.3. The standard InChI is InChI=1S/C21H25N3O3.C20H24N4O3/c1-3-19(25)14(2)21(27-13-15-7-5-4-6-8-15)20(26)18-10-9-17-16(22)11-12-23-24(17)18;1-3-16-13(2)18(26-11-14-7-5-4-6-8-14)20(25,27-16)17-10-9-15-19(21)22-12-23-24(15)17/h4-12,14,19,21,25H,3,13,22H2,1-2H3;4-10,12-13,16,18,25H,3,11H2,1-2H3,(H2,21,22,23)/t14-,19-,21-;13-,16-,18-,20?/m11/s1. The molecule has 2 aromatic carbocycles. The molecule has 1 aliphatic rings. The molecule has 284 valence electrons. The van der Waals surface area contributed by atoms with Gasteiger partial charge in [-0.2, -0.15) is 10.2 Å². The van der Waals surface area contributed by atoms with E-state index in [2.05, 4.69) is 15.2 Å². The van der Waals surface area contributed by atoms with Crippen molar-refractivity contribution in [2.24, 2.45) is 11.8 Å². The van der Waals surface area contributed by atoms with Crippen molar-refractivity contribution in [1.29, 1.82) is 0 Å². The molecule has 1 aliphatic heterocycles. The van der Waals surface area contributed by atoms with Gasteiger partial charge in [0.25, 0.3) is 0 Å². The van der Waals surface area contributed by atoms with Gasteiger partial charge >= 0.3 is 0 Å². The van der Waals surface area contributed by atoms with Crippen LogP contribution in [0, 0.1) is 11.8 Å². The lowest BCUT2D eigenvalue weighted by Gasteiger charge is -2.29.